The van der Waals surface area contributed by atoms with Gasteiger partial charge in [0.2, 0.25) is 5.95 Å². The van der Waals surface area contributed by atoms with Crippen molar-refractivity contribution in [3.63, 3.8) is 0 Å². The molecule has 1 aromatic heterocycles. The molecule has 19 heavy (non-hydrogen) atoms. The molecular formula is C14H18BrN3O. The number of nitrogens with one attached hydrogen (secondary N) is 1. The number of hydrogen-bond acceptors (Lipinski definition) is 3. The van der Waals surface area contributed by atoms with Crippen molar-refractivity contribution in [3.05, 3.63) is 24.3 Å². The van der Waals surface area contributed by atoms with Crippen LogP contribution in [0.3, 0.4) is 0 Å². The van der Waals surface area contributed by atoms with Gasteiger partial charge in [0.1, 0.15) is 0 Å². The van der Waals surface area contributed by atoms with E-state index in [-0.39, 0.29) is 11.7 Å². The van der Waals surface area contributed by atoms with Gasteiger partial charge in [-0.25, -0.2) is 4.98 Å². The molecule has 102 valence electrons. The van der Waals surface area contributed by atoms with E-state index in [1.54, 1.807) is 0 Å². The van der Waals surface area contributed by atoms with Crippen molar-refractivity contribution in [2.24, 2.45) is 0 Å². The third-order valence-corrected chi connectivity index (χ3v) is 4.05. The van der Waals surface area contributed by atoms with E-state index in [1.165, 1.54) is 0 Å². The maximum Gasteiger partial charge on any atom is 0.204 e. The number of anilines is 1. The van der Waals surface area contributed by atoms with E-state index in [0.29, 0.717) is 0 Å². The highest BCUT2D eigenvalue weighted by atomic mass is 79.9. The fourth-order valence-electron chi connectivity index (χ4n) is 2.63. The van der Waals surface area contributed by atoms with E-state index >= 15 is 0 Å². The van der Waals surface area contributed by atoms with E-state index < -0.39 is 0 Å². The normalized spacial score (nSPS) is 22.9. The van der Waals surface area contributed by atoms with E-state index in [1.807, 2.05) is 18.2 Å². The molecule has 1 aromatic carbocycles. The predicted molar refractivity (Wildman–Crippen MR) is 81.1 cm³/mol. The summed E-state index contributed by atoms with van der Waals surface area (Å²) in [6.07, 6.45) is 0.192. The van der Waals surface area contributed by atoms with Crippen LogP contribution in [-0.2, 0) is 4.74 Å². The maximum atomic E-state index is 6.02. The van der Waals surface area contributed by atoms with E-state index in [0.717, 1.165) is 35.4 Å². The molecule has 1 fully saturated rings. The number of hydrogen-bond donors (Lipinski definition) is 1. The summed E-state index contributed by atoms with van der Waals surface area (Å²) in [4.78, 5) is 10.3. The van der Waals surface area contributed by atoms with Gasteiger partial charge >= 0.3 is 0 Å². The zero-order valence-corrected chi connectivity index (χ0v) is 12.8. The zero-order chi connectivity index (χ0) is 13.5. The Kier molecular flexibility index (Phi) is 3.27. The summed E-state index contributed by atoms with van der Waals surface area (Å²) < 4.78 is 6.02. The highest BCUT2D eigenvalue weighted by Gasteiger charge is 2.34. The van der Waals surface area contributed by atoms with Crippen LogP contribution >= 0.6 is 15.9 Å². The summed E-state index contributed by atoms with van der Waals surface area (Å²) in [6.45, 7) is 5.94. The zero-order valence-electron chi connectivity index (χ0n) is 11.2. The molecule has 0 aliphatic carbocycles. The van der Waals surface area contributed by atoms with Crippen LogP contribution in [0.15, 0.2) is 24.3 Å². The van der Waals surface area contributed by atoms with Crippen molar-refractivity contribution < 1.29 is 4.74 Å². The fourth-order valence-corrected chi connectivity index (χ4v) is 2.96. The van der Waals surface area contributed by atoms with Crippen LogP contribution in [0.5, 0.6) is 0 Å². The molecule has 1 aliphatic rings. The molecule has 1 aliphatic heterocycles. The Morgan fingerprint density at radius 2 is 2.26 bits per heavy atom. The van der Waals surface area contributed by atoms with Gasteiger partial charge in [-0.3, -0.25) is 0 Å². The first kappa shape index (κ1) is 12.9. The van der Waals surface area contributed by atoms with Gasteiger partial charge in [0, 0.05) is 18.4 Å². The summed E-state index contributed by atoms with van der Waals surface area (Å²) >= 11 is 3.52. The lowest BCUT2D eigenvalue weighted by Crippen LogP contribution is -2.53. The molecule has 4 nitrogen and oxygen atoms in total. The number of nitrogens with zero attached hydrogens (tertiary/aromatic N) is 2. The third kappa shape index (κ3) is 2.62. The second-order valence-corrected chi connectivity index (χ2v) is 6.26. The summed E-state index contributed by atoms with van der Waals surface area (Å²) in [5.74, 6) is 0.934. The quantitative estimate of drug-likeness (QED) is 0.864. The SMILES string of the molecule is CC1(C)CN(c2nc3ccccc3[nH]2)CC(CBr)O1. The smallest absolute Gasteiger partial charge is 0.204 e. The van der Waals surface area contributed by atoms with Gasteiger partial charge in [0.05, 0.1) is 22.7 Å². The van der Waals surface area contributed by atoms with Gasteiger partial charge in [-0.15, -0.1) is 0 Å². The average molecular weight is 324 g/mol. The molecule has 1 unspecified atom stereocenters. The molecule has 1 atom stereocenters. The molecule has 5 heteroatoms. The molecular weight excluding hydrogens is 306 g/mol. The van der Waals surface area contributed by atoms with Crippen molar-refractivity contribution in [2.75, 3.05) is 23.3 Å². The number of halogens is 1. The Morgan fingerprint density at radius 3 is 3.00 bits per heavy atom. The number of para-hydroxylation sites is 2. The number of benzene rings is 1. The van der Waals surface area contributed by atoms with Gasteiger partial charge in [-0.05, 0) is 26.0 Å². The average Bonchev–Trinajstić information content (AvgIpc) is 2.80. The summed E-state index contributed by atoms with van der Waals surface area (Å²) in [6, 6.07) is 8.12. The topological polar surface area (TPSA) is 41.2 Å². The van der Waals surface area contributed by atoms with Gasteiger partial charge in [-0.1, -0.05) is 28.1 Å². The Labute approximate surface area is 121 Å². The summed E-state index contributed by atoms with van der Waals surface area (Å²) in [7, 11) is 0. The minimum Gasteiger partial charge on any atom is -0.368 e. The lowest BCUT2D eigenvalue weighted by molar-refractivity contribution is -0.0727. The van der Waals surface area contributed by atoms with E-state index in [9.17, 15) is 0 Å². The van der Waals surface area contributed by atoms with Crippen molar-refractivity contribution >= 4 is 32.9 Å². The van der Waals surface area contributed by atoms with Gasteiger partial charge < -0.3 is 14.6 Å². The molecule has 2 heterocycles. The monoisotopic (exact) mass is 323 g/mol. The molecule has 0 bridgehead atoms. The molecule has 3 rings (SSSR count). The lowest BCUT2D eigenvalue weighted by atomic mass is 10.1. The van der Waals surface area contributed by atoms with Gasteiger partial charge in [0.25, 0.3) is 0 Å². The first-order valence-corrected chi connectivity index (χ1v) is 7.63. The molecule has 0 saturated carbocycles. The van der Waals surface area contributed by atoms with E-state index in [2.05, 4.69) is 50.7 Å². The van der Waals surface area contributed by atoms with Crippen LogP contribution in [0.2, 0.25) is 0 Å². The van der Waals surface area contributed by atoms with Gasteiger partial charge in [-0.2, -0.15) is 0 Å². The molecule has 1 N–H and O–H groups in total. The van der Waals surface area contributed by atoms with Crippen LogP contribution in [0.25, 0.3) is 11.0 Å². The number of alkyl halides is 1. The van der Waals surface area contributed by atoms with Crippen LogP contribution in [0.1, 0.15) is 13.8 Å². The number of morpholine rings is 1. The van der Waals surface area contributed by atoms with Crippen LogP contribution in [0, 0.1) is 0 Å². The molecule has 2 aromatic rings. The van der Waals surface area contributed by atoms with Crippen molar-refractivity contribution in [1.29, 1.82) is 0 Å². The maximum absolute atomic E-state index is 6.02. The largest absolute Gasteiger partial charge is 0.368 e. The standard InChI is InChI=1S/C14H18BrN3O/c1-14(2)9-18(8-10(7-15)19-14)13-16-11-5-3-4-6-12(11)17-13/h3-6,10H,7-9H2,1-2H3,(H,16,17). The van der Waals surface area contributed by atoms with Crippen molar-refractivity contribution in [2.45, 2.75) is 25.6 Å². The number of imidazole rings is 1. The van der Waals surface area contributed by atoms with E-state index in [4.69, 9.17) is 4.74 Å². The number of aromatic nitrogens is 2. The number of ether oxygens (including phenoxy) is 1. The Bertz CT molecular complexity index is 548. The van der Waals surface area contributed by atoms with Crippen LogP contribution in [-0.4, -0.2) is 40.1 Å². The van der Waals surface area contributed by atoms with Crippen molar-refractivity contribution in [1.82, 2.24) is 9.97 Å². The lowest BCUT2D eigenvalue weighted by Gasteiger charge is -2.42. The predicted octanol–water partition coefficient (Wildman–Crippen LogP) is 2.94. The number of fused-ring (bicyclic) bond motifs is 1. The number of aromatic amines is 1. The summed E-state index contributed by atoms with van der Waals surface area (Å²) in [5, 5.41) is 0.840. The minimum atomic E-state index is -0.157. The minimum absolute atomic E-state index is 0.157. The Hall–Kier alpha value is -1.07. The Balaban J connectivity index is 1.91. The molecule has 0 amide bonds. The first-order valence-electron chi connectivity index (χ1n) is 6.51. The highest BCUT2D eigenvalue weighted by Crippen LogP contribution is 2.26. The highest BCUT2D eigenvalue weighted by molar-refractivity contribution is 9.09. The van der Waals surface area contributed by atoms with Crippen LogP contribution < -0.4 is 4.90 Å². The third-order valence-electron chi connectivity index (χ3n) is 3.33. The van der Waals surface area contributed by atoms with Gasteiger partial charge in [0.15, 0.2) is 0 Å². The number of rotatable bonds is 2. The number of H-pyrrole nitrogens is 1. The molecule has 1 saturated heterocycles. The summed E-state index contributed by atoms with van der Waals surface area (Å²) in [5.41, 5.74) is 1.93. The second kappa shape index (κ2) is 4.80. The first-order chi connectivity index (χ1) is 9.07. The molecule has 0 spiro atoms. The second-order valence-electron chi connectivity index (χ2n) is 5.61. The fraction of sp³-hybridized carbons (Fsp3) is 0.500. The Morgan fingerprint density at radius 1 is 1.47 bits per heavy atom. The van der Waals surface area contributed by atoms with Crippen molar-refractivity contribution in [3.8, 4) is 0 Å². The molecule has 0 radical (unpaired) electrons. The van der Waals surface area contributed by atoms with Crippen LogP contribution in [0.4, 0.5) is 5.95 Å².